The lowest BCUT2D eigenvalue weighted by Crippen LogP contribution is -2.11. The Morgan fingerprint density at radius 1 is 0.652 bits per heavy atom. The van der Waals surface area contributed by atoms with Crippen LogP contribution in [0, 0.1) is 4.91 Å². The van der Waals surface area contributed by atoms with Crippen molar-refractivity contribution in [1.82, 2.24) is 9.97 Å². The van der Waals surface area contributed by atoms with Crippen LogP contribution in [0.4, 0.5) is 11.6 Å². The highest BCUT2D eigenvalue weighted by atomic mass is 16.3. The molecule has 0 saturated heterocycles. The Balaban J connectivity index is 1.83. The second-order valence-corrected chi connectivity index (χ2v) is 5.12. The lowest BCUT2D eigenvalue weighted by Gasteiger charge is -2.14. The van der Waals surface area contributed by atoms with Crippen molar-refractivity contribution in [3.63, 3.8) is 0 Å². The number of para-hydroxylation sites is 2. The lowest BCUT2D eigenvalue weighted by molar-refractivity contribution is 1.01. The summed E-state index contributed by atoms with van der Waals surface area (Å²) in [4.78, 5) is 20.4. The van der Waals surface area contributed by atoms with E-state index < -0.39 is 0 Å². The minimum atomic E-state index is 0.446. The normalized spacial score (nSPS) is 10.8. The molecule has 5 heteroatoms. The van der Waals surface area contributed by atoms with Gasteiger partial charge in [0.2, 0.25) is 0 Å². The van der Waals surface area contributed by atoms with Gasteiger partial charge in [-0.25, -0.2) is 9.97 Å². The van der Waals surface area contributed by atoms with Crippen molar-refractivity contribution < 1.29 is 0 Å². The molecule has 2 heterocycles. The summed E-state index contributed by atoms with van der Waals surface area (Å²) in [5, 5.41) is 6.32. The Labute approximate surface area is 132 Å². The van der Waals surface area contributed by atoms with Crippen LogP contribution in [-0.4, -0.2) is 9.97 Å². The first-order chi connectivity index (χ1) is 11.3. The monoisotopic (exact) mass is 300 g/mol. The van der Waals surface area contributed by atoms with Crippen molar-refractivity contribution in [3.05, 3.63) is 77.7 Å². The summed E-state index contributed by atoms with van der Waals surface area (Å²) in [6, 6.07) is 22.8. The van der Waals surface area contributed by atoms with E-state index in [-0.39, 0.29) is 0 Å². The molecule has 0 spiro atoms. The molecule has 0 aliphatic heterocycles. The Hall–Kier alpha value is -3.34. The average Bonchev–Trinajstić information content (AvgIpc) is 2.62. The third-order valence-corrected chi connectivity index (χ3v) is 3.68. The van der Waals surface area contributed by atoms with Crippen LogP contribution in [0.2, 0.25) is 0 Å². The number of rotatable bonds is 3. The molecular weight excluding hydrogens is 288 g/mol. The van der Waals surface area contributed by atoms with Crippen LogP contribution in [-0.2, 0) is 0 Å². The molecule has 4 aromatic rings. The predicted octanol–water partition coefficient (Wildman–Crippen LogP) is 4.60. The van der Waals surface area contributed by atoms with E-state index in [0.29, 0.717) is 11.6 Å². The van der Waals surface area contributed by atoms with E-state index in [4.69, 9.17) is 0 Å². The molecule has 0 atom stereocenters. The number of hydrogen-bond acceptors (Lipinski definition) is 4. The summed E-state index contributed by atoms with van der Waals surface area (Å²) in [6.45, 7) is 0. The molecule has 2 aromatic heterocycles. The number of pyridine rings is 2. The quantitative estimate of drug-likeness (QED) is 0.410. The number of aromatic nitrogens is 2. The van der Waals surface area contributed by atoms with Crippen molar-refractivity contribution in [1.29, 1.82) is 0 Å². The maximum atomic E-state index is 11.4. The van der Waals surface area contributed by atoms with Crippen molar-refractivity contribution in [2.75, 3.05) is 5.01 Å². The summed E-state index contributed by atoms with van der Waals surface area (Å²) in [5.74, 6) is 0.892. The number of nitrogens with zero attached hydrogens (tertiary/aromatic N) is 4. The maximum absolute atomic E-state index is 11.4. The Morgan fingerprint density at radius 3 is 1.61 bits per heavy atom. The smallest absolute Gasteiger partial charge is 0.159 e. The van der Waals surface area contributed by atoms with E-state index >= 15 is 0 Å². The van der Waals surface area contributed by atoms with Crippen molar-refractivity contribution in [3.8, 4) is 0 Å². The lowest BCUT2D eigenvalue weighted by atomic mass is 10.2. The molecule has 0 N–H and O–H groups in total. The van der Waals surface area contributed by atoms with Crippen LogP contribution in [0.3, 0.4) is 0 Å². The molecule has 0 fully saturated rings. The van der Waals surface area contributed by atoms with Crippen LogP contribution in [0.5, 0.6) is 0 Å². The van der Waals surface area contributed by atoms with Gasteiger partial charge in [0.15, 0.2) is 11.6 Å². The van der Waals surface area contributed by atoms with Gasteiger partial charge in [-0.3, -0.25) is 0 Å². The van der Waals surface area contributed by atoms with Crippen molar-refractivity contribution >= 4 is 33.4 Å². The second-order valence-electron chi connectivity index (χ2n) is 5.12. The van der Waals surface area contributed by atoms with Gasteiger partial charge in [0.1, 0.15) is 0 Å². The molecule has 5 nitrogen and oxygen atoms in total. The fraction of sp³-hybridized carbons (Fsp3) is 0. The average molecular weight is 300 g/mol. The van der Waals surface area contributed by atoms with E-state index in [1.54, 1.807) is 12.1 Å². The zero-order chi connectivity index (χ0) is 15.6. The molecule has 23 heavy (non-hydrogen) atoms. The fourth-order valence-electron chi connectivity index (χ4n) is 2.55. The maximum Gasteiger partial charge on any atom is 0.159 e. The minimum absolute atomic E-state index is 0.446. The summed E-state index contributed by atoms with van der Waals surface area (Å²) in [5.41, 5.74) is 1.61. The van der Waals surface area contributed by atoms with Crippen LogP contribution < -0.4 is 5.01 Å². The largest absolute Gasteiger partial charge is 0.228 e. The van der Waals surface area contributed by atoms with E-state index in [9.17, 15) is 4.91 Å². The molecular formula is C18H12N4O. The molecule has 110 valence electrons. The summed E-state index contributed by atoms with van der Waals surface area (Å²) < 4.78 is 0. The Bertz CT molecular complexity index is 936. The van der Waals surface area contributed by atoms with Gasteiger partial charge in [-0.2, -0.15) is 5.01 Å². The van der Waals surface area contributed by atoms with E-state index in [1.807, 2.05) is 60.7 Å². The summed E-state index contributed by atoms with van der Waals surface area (Å²) in [7, 11) is 0. The van der Waals surface area contributed by atoms with Gasteiger partial charge >= 0.3 is 0 Å². The van der Waals surface area contributed by atoms with E-state index in [0.717, 1.165) is 21.8 Å². The first-order valence-corrected chi connectivity index (χ1v) is 7.20. The standard InChI is InChI=1S/C18H12N4O/c23-21-22(17-11-9-13-5-1-3-7-15(13)19-17)18-12-10-14-6-2-4-8-16(14)20-18/h1-12H. The molecule has 2 aromatic carbocycles. The predicted molar refractivity (Wildman–Crippen MR) is 91.4 cm³/mol. The van der Waals surface area contributed by atoms with Crippen LogP contribution >= 0.6 is 0 Å². The van der Waals surface area contributed by atoms with Gasteiger partial charge in [-0.15, -0.1) is 4.91 Å². The molecule has 0 aliphatic carbocycles. The number of fused-ring (bicyclic) bond motifs is 2. The zero-order valence-corrected chi connectivity index (χ0v) is 12.1. The number of benzene rings is 2. The van der Waals surface area contributed by atoms with Crippen LogP contribution in [0.25, 0.3) is 21.8 Å². The van der Waals surface area contributed by atoms with Crippen molar-refractivity contribution in [2.45, 2.75) is 0 Å². The van der Waals surface area contributed by atoms with Gasteiger partial charge in [0.25, 0.3) is 0 Å². The third kappa shape index (κ3) is 2.38. The van der Waals surface area contributed by atoms with Gasteiger partial charge in [-0.1, -0.05) is 36.4 Å². The molecule has 4 rings (SSSR count). The van der Waals surface area contributed by atoms with Crippen LogP contribution in [0.1, 0.15) is 0 Å². The van der Waals surface area contributed by atoms with Gasteiger partial charge in [-0.05, 0) is 36.4 Å². The zero-order valence-electron chi connectivity index (χ0n) is 12.1. The topological polar surface area (TPSA) is 58.5 Å². The first kappa shape index (κ1) is 13.3. The molecule has 0 amide bonds. The van der Waals surface area contributed by atoms with Gasteiger partial charge < -0.3 is 0 Å². The Kier molecular flexibility index (Phi) is 3.16. The SMILES string of the molecule is O=NN(c1ccc2ccccc2n1)c1ccc2ccccc2n1. The molecule has 0 aliphatic rings. The van der Waals surface area contributed by atoms with Gasteiger partial charge in [0, 0.05) is 10.8 Å². The molecule has 0 unspecified atom stereocenters. The second kappa shape index (κ2) is 5.46. The molecule has 0 radical (unpaired) electrons. The minimum Gasteiger partial charge on any atom is -0.228 e. The van der Waals surface area contributed by atoms with Gasteiger partial charge in [0.05, 0.1) is 16.3 Å². The van der Waals surface area contributed by atoms with Crippen LogP contribution in [0.15, 0.2) is 78.1 Å². The highest BCUT2D eigenvalue weighted by Crippen LogP contribution is 2.26. The number of hydrogen-bond donors (Lipinski definition) is 0. The first-order valence-electron chi connectivity index (χ1n) is 7.20. The summed E-state index contributed by atoms with van der Waals surface area (Å²) in [6.07, 6.45) is 0. The van der Waals surface area contributed by atoms with Crippen molar-refractivity contribution in [2.24, 2.45) is 5.29 Å². The van der Waals surface area contributed by atoms with E-state index in [1.165, 1.54) is 5.01 Å². The third-order valence-electron chi connectivity index (χ3n) is 3.68. The van der Waals surface area contributed by atoms with E-state index in [2.05, 4.69) is 15.3 Å². The number of nitroso groups, excluding NO2 is 1. The fourth-order valence-corrected chi connectivity index (χ4v) is 2.55. The highest BCUT2D eigenvalue weighted by Gasteiger charge is 2.13. The number of anilines is 2. The molecule has 0 saturated carbocycles. The summed E-state index contributed by atoms with van der Waals surface area (Å²) >= 11 is 0. The highest BCUT2D eigenvalue weighted by molar-refractivity contribution is 5.83. The Morgan fingerprint density at radius 2 is 1.13 bits per heavy atom. The molecule has 0 bridgehead atoms.